The van der Waals surface area contributed by atoms with E-state index in [-0.39, 0.29) is 60.8 Å². The number of nitrogens with zero attached hydrogens (tertiary/aromatic N) is 3. The highest BCUT2D eigenvalue weighted by atomic mass is 32.2. The average molecular weight is 469 g/mol. The van der Waals surface area contributed by atoms with E-state index in [0.717, 1.165) is 5.56 Å². The lowest BCUT2D eigenvalue weighted by Crippen LogP contribution is -2.57. The van der Waals surface area contributed by atoms with E-state index < -0.39 is 16.1 Å². The second kappa shape index (κ2) is 10.6. The van der Waals surface area contributed by atoms with Crippen molar-refractivity contribution in [2.75, 3.05) is 26.2 Å². The zero-order valence-electron chi connectivity index (χ0n) is 18.8. The highest BCUT2D eigenvalue weighted by Crippen LogP contribution is 2.21. The number of nitriles is 1. The van der Waals surface area contributed by atoms with Gasteiger partial charge in [-0.25, -0.2) is 8.42 Å². The van der Waals surface area contributed by atoms with Crippen LogP contribution in [0.2, 0.25) is 0 Å². The third kappa shape index (κ3) is 5.78. The standard InChI is InChI=1S/C24H28N4O4S/c1-18(2)23(26-22(29)16-19-8-4-3-5-9-19)24(30)27-12-14-28(15-13-27)33(31,32)21-11-7-6-10-20(21)17-25/h3-11,18,23H,12-16H2,1-2H3,(H,26,29). The van der Waals surface area contributed by atoms with Gasteiger partial charge in [0.15, 0.2) is 0 Å². The summed E-state index contributed by atoms with van der Waals surface area (Å²) in [6.45, 7) is 4.40. The summed E-state index contributed by atoms with van der Waals surface area (Å²) < 4.78 is 27.3. The molecule has 174 valence electrons. The van der Waals surface area contributed by atoms with Crippen molar-refractivity contribution in [1.29, 1.82) is 5.26 Å². The van der Waals surface area contributed by atoms with Crippen LogP contribution in [0.15, 0.2) is 59.5 Å². The van der Waals surface area contributed by atoms with E-state index in [1.807, 2.05) is 50.2 Å². The summed E-state index contributed by atoms with van der Waals surface area (Å²) >= 11 is 0. The summed E-state index contributed by atoms with van der Waals surface area (Å²) in [5, 5.41) is 12.1. The van der Waals surface area contributed by atoms with Gasteiger partial charge >= 0.3 is 0 Å². The Morgan fingerprint density at radius 3 is 2.21 bits per heavy atom. The molecule has 1 atom stereocenters. The average Bonchev–Trinajstić information content (AvgIpc) is 2.82. The molecule has 0 bridgehead atoms. The predicted octanol–water partition coefficient (Wildman–Crippen LogP) is 1.77. The van der Waals surface area contributed by atoms with Crippen LogP contribution in [0.25, 0.3) is 0 Å². The Balaban J connectivity index is 1.64. The number of amides is 2. The Bertz CT molecular complexity index is 1130. The van der Waals surface area contributed by atoms with Crippen LogP contribution in [0.1, 0.15) is 25.0 Å². The van der Waals surface area contributed by atoms with Crippen molar-refractivity contribution in [2.45, 2.75) is 31.2 Å². The number of rotatable bonds is 7. The molecular formula is C24H28N4O4S. The first kappa shape index (κ1) is 24.4. The molecule has 1 aliphatic rings. The Morgan fingerprint density at radius 1 is 1.00 bits per heavy atom. The smallest absolute Gasteiger partial charge is 0.245 e. The highest BCUT2D eigenvalue weighted by Gasteiger charge is 2.34. The van der Waals surface area contributed by atoms with E-state index in [4.69, 9.17) is 0 Å². The number of nitrogens with one attached hydrogen (secondary N) is 1. The topological polar surface area (TPSA) is 111 Å². The molecule has 0 aliphatic carbocycles. The number of hydrogen-bond acceptors (Lipinski definition) is 5. The van der Waals surface area contributed by atoms with Crippen molar-refractivity contribution in [1.82, 2.24) is 14.5 Å². The van der Waals surface area contributed by atoms with E-state index in [1.165, 1.54) is 16.4 Å². The molecule has 8 nitrogen and oxygen atoms in total. The van der Waals surface area contributed by atoms with Gasteiger partial charge in [-0.3, -0.25) is 9.59 Å². The highest BCUT2D eigenvalue weighted by molar-refractivity contribution is 7.89. The van der Waals surface area contributed by atoms with E-state index in [0.29, 0.717) is 0 Å². The summed E-state index contributed by atoms with van der Waals surface area (Å²) in [5.74, 6) is -0.579. The molecule has 0 saturated carbocycles. The zero-order valence-corrected chi connectivity index (χ0v) is 19.6. The fourth-order valence-electron chi connectivity index (χ4n) is 3.79. The number of carbonyl (C=O) groups is 2. The summed E-state index contributed by atoms with van der Waals surface area (Å²) in [6, 6.07) is 16.6. The number of piperazine rings is 1. The predicted molar refractivity (Wildman–Crippen MR) is 123 cm³/mol. The van der Waals surface area contributed by atoms with Crippen LogP contribution in [0.3, 0.4) is 0 Å². The Hall–Kier alpha value is -3.22. The first-order valence-corrected chi connectivity index (χ1v) is 12.3. The van der Waals surface area contributed by atoms with Gasteiger partial charge in [0.2, 0.25) is 21.8 Å². The fourth-order valence-corrected chi connectivity index (χ4v) is 5.35. The minimum atomic E-state index is -3.84. The molecule has 1 fully saturated rings. The molecule has 0 radical (unpaired) electrons. The molecule has 1 aliphatic heterocycles. The van der Waals surface area contributed by atoms with Crippen molar-refractivity contribution in [3.63, 3.8) is 0 Å². The maximum absolute atomic E-state index is 13.2. The van der Waals surface area contributed by atoms with Crippen LogP contribution in [-0.4, -0.2) is 61.7 Å². The van der Waals surface area contributed by atoms with Gasteiger partial charge in [-0.1, -0.05) is 56.3 Å². The summed E-state index contributed by atoms with van der Waals surface area (Å²) in [6.07, 6.45) is 0.182. The Labute approximate surface area is 194 Å². The Kier molecular flexibility index (Phi) is 7.84. The lowest BCUT2D eigenvalue weighted by Gasteiger charge is -2.36. The van der Waals surface area contributed by atoms with Gasteiger partial charge in [0, 0.05) is 26.2 Å². The molecule has 1 N–H and O–H groups in total. The van der Waals surface area contributed by atoms with Crippen LogP contribution in [0.5, 0.6) is 0 Å². The van der Waals surface area contributed by atoms with E-state index in [1.54, 1.807) is 17.0 Å². The first-order valence-electron chi connectivity index (χ1n) is 10.9. The van der Waals surface area contributed by atoms with Crippen molar-refractivity contribution in [2.24, 2.45) is 5.92 Å². The maximum atomic E-state index is 13.2. The van der Waals surface area contributed by atoms with Gasteiger partial charge in [-0.2, -0.15) is 9.57 Å². The number of hydrogen-bond donors (Lipinski definition) is 1. The van der Waals surface area contributed by atoms with E-state index in [9.17, 15) is 23.3 Å². The minimum Gasteiger partial charge on any atom is -0.344 e. The molecule has 3 rings (SSSR count). The van der Waals surface area contributed by atoms with Gasteiger partial charge in [-0.05, 0) is 23.6 Å². The molecule has 0 spiro atoms. The molecule has 33 heavy (non-hydrogen) atoms. The van der Waals surface area contributed by atoms with Gasteiger partial charge in [0.1, 0.15) is 12.1 Å². The number of sulfonamides is 1. The van der Waals surface area contributed by atoms with Gasteiger partial charge < -0.3 is 10.2 Å². The van der Waals surface area contributed by atoms with Crippen molar-refractivity contribution in [3.05, 3.63) is 65.7 Å². The zero-order chi connectivity index (χ0) is 24.0. The molecule has 9 heteroatoms. The van der Waals surface area contributed by atoms with Crippen LogP contribution in [-0.2, 0) is 26.0 Å². The largest absolute Gasteiger partial charge is 0.344 e. The molecular weight excluding hydrogens is 440 g/mol. The SMILES string of the molecule is CC(C)C(NC(=O)Cc1ccccc1)C(=O)N1CCN(S(=O)(=O)c2ccccc2C#N)CC1. The normalized spacial score (nSPS) is 15.6. The van der Waals surface area contributed by atoms with Gasteiger partial charge in [0.25, 0.3) is 0 Å². The quantitative estimate of drug-likeness (QED) is 0.666. The molecule has 1 heterocycles. The molecule has 1 unspecified atom stereocenters. The summed E-state index contributed by atoms with van der Waals surface area (Å²) in [7, 11) is -3.84. The van der Waals surface area contributed by atoms with Crippen molar-refractivity contribution < 1.29 is 18.0 Å². The van der Waals surface area contributed by atoms with Crippen LogP contribution in [0, 0.1) is 17.2 Å². The molecule has 2 aromatic rings. The van der Waals surface area contributed by atoms with Crippen LogP contribution in [0.4, 0.5) is 0 Å². The fraction of sp³-hybridized carbons (Fsp3) is 0.375. The third-order valence-electron chi connectivity index (χ3n) is 5.63. The second-order valence-electron chi connectivity index (χ2n) is 8.29. The van der Waals surface area contributed by atoms with Crippen molar-refractivity contribution in [3.8, 4) is 6.07 Å². The summed E-state index contributed by atoms with van der Waals surface area (Å²) in [5.41, 5.74) is 0.957. The lowest BCUT2D eigenvalue weighted by molar-refractivity contribution is -0.138. The second-order valence-corrected chi connectivity index (χ2v) is 10.2. The lowest BCUT2D eigenvalue weighted by atomic mass is 10.0. The summed E-state index contributed by atoms with van der Waals surface area (Å²) in [4.78, 5) is 27.2. The minimum absolute atomic E-state index is 0.0273. The van der Waals surface area contributed by atoms with E-state index in [2.05, 4.69) is 5.32 Å². The molecule has 2 amide bonds. The molecule has 2 aromatic carbocycles. The van der Waals surface area contributed by atoms with Gasteiger partial charge in [0.05, 0.1) is 16.9 Å². The van der Waals surface area contributed by atoms with Gasteiger partial charge in [-0.15, -0.1) is 0 Å². The third-order valence-corrected chi connectivity index (χ3v) is 7.59. The van der Waals surface area contributed by atoms with E-state index >= 15 is 0 Å². The van der Waals surface area contributed by atoms with Crippen LogP contribution >= 0.6 is 0 Å². The van der Waals surface area contributed by atoms with Crippen LogP contribution < -0.4 is 5.32 Å². The number of carbonyl (C=O) groups excluding carboxylic acids is 2. The first-order chi connectivity index (χ1) is 15.7. The van der Waals surface area contributed by atoms with Crippen molar-refractivity contribution >= 4 is 21.8 Å². The monoisotopic (exact) mass is 468 g/mol. The molecule has 0 aromatic heterocycles. The Morgan fingerprint density at radius 2 is 1.61 bits per heavy atom. The maximum Gasteiger partial charge on any atom is 0.245 e. The molecule has 1 saturated heterocycles. The number of benzene rings is 2.